The van der Waals surface area contributed by atoms with Crippen molar-refractivity contribution < 1.29 is 19.6 Å². The van der Waals surface area contributed by atoms with Gasteiger partial charge >= 0.3 is 6.09 Å². The molecule has 0 aromatic heterocycles. The van der Waals surface area contributed by atoms with Crippen molar-refractivity contribution in [1.82, 2.24) is 0 Å². The summed E-state index contributed by atoms with van der Waals surface area (Å²) in [7, 11) is 0. The number of carboxylic acid groups (broad SMARTS) is 1. The van der Waals surface area contributed by atoms with Crippen molar-refractivity contribution in [3.05, 3.63) is 28.3 Å². The second kappa shape index (κ2) is 5.53. The Kier molecular flexibility index (Phi) is 3.81. The summed E-state index contributed by atoms with van der Waals surface area (Å²) in [5, 5.41) is 21.6. The number of nitro groups is 1. The van der Waals surface area contributed by atoms with Crippen LogP contribution >= 0.6 is 0 Å². The molecule has 1 aromatic carbocycles. The molecule has 1 saturated heterocycles. The molecule has 1 aliphatic rings. The molecule has 0 atom stereocenters. The van der Waals surface area contributed by atoms with Crippen molar-refractivity contribution >= 4 is 23.2 Å². The lowest BCUT2D eigenvalue weighted by atomic mass is 10.2. The van der Waals surface area contributed by atoms with E-state index in [0.717, 1.165) is 5.69 Å². The van der Waals surface area contributed by atoms with Crippen LogP contribution in [0.5, 0.6) is 0 Å². The number of nitrogens with zero attached hydrogens (tertiary/aromatic N) is 2. The normalized spacial score (nSPS) is 15.1. The first-order valence-corrected chi connectivity index (χ1v) is 5.69. The van der Waals surface area contributed by atoms with Gasteiger partial charge in [0.15, 0.2) is 0 Å². The number of carbonyl (C=O) groups is 1. The van der Waals surface area contributed by atoms with E-state index in [-0.39, 0.29) is 11.4 Å². The molecule has 1 heterocycles. The predicted octanol–water partition coefficient (Wildman–Crippen LogP) is 1.52. The van der Waals surface area contributed by atoms with Crippen molar-refractivity contribution in [3.8, 4) is 0 Å². The summed E-state index contributed by atoms with van der Waals surface area (Å²) in [6.45, 7) is 2.51. The minimum absolute atomic E-state index is 0.0264. The lowest BCUT2D eigenvalue weighted by molar-refractivity contribution is -0.383. The first kappa shape index (κ1) is 13.1. The monoisotopic (exact) mass is 267 g/mol. The molecule has 1 amide bonds. The number of amides is 1. The van der Waals surface area contributed by atoms with Gasteiger partial charge in [-0.05, 0) is 12.1 Å². The highest BCUT2D eigenvalue weighted by molar-refractivity contribution is 5.87. The van der Waals surface area contributed by atoms with E-state index < -0.39 is 11.0 Å². The van der Waals surface area contributed by atoms with E-state index in [2.05, 4.69) is 5.32 Å². The van der Waals surface area contributed by atoms with E-state index in [1.54, 1.807) is 6.07 Å². The van der Waals surface area contributed by atoms with Crippen molar-refractivity contribution in [2.24, 2.45) is 0 Å². The lowest BCUT2D eigenvalue weighted by Gasteiger charge is -2.29. The Bertz CT molecular complexity index is 499. The highest BCUT2D eigenvalue weighted by Gasteiger charge is 2.19. The Hall–Kier alpha value is -2.35. The topological polar surface area (TPSA) is 105 Å². The fraction of sp³-hybridized carbons (Fsp3) is 0.364. The quantitative estimate of drug-likeness (QED) is 0.635. The summed E-state index contributed by atoms with van der Waals surface area (Å²) in [6.07, 6.45) is -1.33. The van der Waals surface area contributed by atoms with Crippen LogP contribution < -0.4 is 10.2 Å². The number of benzene rings is 1. The third-order valence-corrected chi connectivity index (χ3v) is 2.79. The Morgan fingerprint density at radius 1 is 1.42 bits per heavy atom. The van der Waals surface area contributed by atoms with Gasteiger partial charge in [0.2, 0.25) is 0 Å². The number of morpholine rings is 1. The third-order valence-electron chi connectivity index (χ3n) is 2.79. The zero-order valence-corrected chi connectivity index (χ0v) is 10.0. The molecule has 2 rings (SSSR count). The maximum absolute atomic E-state index is 10.8. The molecule has 0 unspecified atom stereocenters. The number of hydrogen-bond donors (Lipinski definition) is 2. The molecule has 0 aliphatic carbocycles. The SMILES string of the molecule is O=C(O)Nc1cc(N2CCOCC2)ccc1[N+](=O)[O-]. The molecular formula is C11H13N3O5. The van der Waals surface area contributed by atoms with Gasteiger partial charge in [0.25, 0.3) is 5.69 Å². The number of ether oxygens (including phenoxy) is 1. The molecule has 2 N–H and O–H groups in total. The number of anilines is 2. The summed E-state index contributed by atoms with van der Waals surface area (Å²) < 4.78 is 5.22. The van der Waals surface area contributed by atoms with Crippen molar-refractivity contribution in [2.75, 3.05) is 36.5 Å². The number of nitrogens with one attached hydrogen (secondary N) is 1. The van der Waals surface area contributed by atoms with Gasteiger partial charge in [-0.25, -0.2) is 4.79 Å². The summed E-state index contributed by atoms with van der Waals surface area (Å²) in [5.74, 6) is 0. The van der Waals surface area contributed by atoms with Gasteiger partial charge in [-0.3, -0.25) is 15.4 Å². The Balaban J connectivity index is 2.31. The molecule has 19 heavy (non-hydrogen) atoms. The fourth-order valence-electron chi connectivity index (χ4n) is 1.92. The summed E-state index contributed by atoms with van der Waals surface area (Å²) in [6, 6.07) is 4.38. The van der Waals surface area contributed by atoms with E-state index in [0.29, 0.717) is 26.3 Å². The first-order valence-electron chi connectivity index (χ1n) is 5.69. The molecule has 1 aromatic rings. The Labute approximate surface area is 108 Å². The molecular weight excluding hydrogens is 254 g/mol. The van der Waals surface area contributed by atoms with Crippen molar-refractivity contribution in [2.45, 2.75) is 0 Å². The first-order chi connectivity index (χ1) is 9.08. The Morgan fingerprint density at radius 3 is 2.68 bits per heavy atom. The van der Waals surface area contributed by atoms with Crippen LogP contribution in [0.1, 0.15) is 0 Å². The van der Waals surface area contributed by atoms with Gasteiger partial charge < -0.3 is 14.7 Å². The van der Waals surface area contributed by atoms with Crippen LogP contribution in [0.2, 0.25) is 0 Å². The molecule has 0 radical (unpaired) electrons. The number of rotatable bonds is 3. The van der Waals surface area contributed by atoms with Crippen molar-refractivity contribution in [3.63, 3.8) is 0 Å². The molecule has 0 spiro atoms. The zero-order chi connectivity index (χ0) is 13.8. The molecule has 0 bridgehead atoms. The third kappa shape index (κ3) is 3.10. The van der Waals surface area contributed by atoms with Crippen LogP contribution in [0.15, 0.2) is 18.2 Å². The van der Waals surface area contributed by atoms with E-state index in [1.165, 1.54) is 12.1 Å². The number of nitro benzene ring substituents is 1. The second-order valence-corrected chi connectivity index (χ2v) is 3.99. The fourth-order valence-corrected chi connectivity index (χ4v) is 1.92. The Morgan fingerprint density at radius 2 is 2.11 bits per heavy atom. The van der Waals surface area contributed by atoms with Gasteiger partial charge in [0.05, 0.1) is 18.1 Å². The van der Waals surface area contributed by atoms with Crippen LogP contribution in [-0.2, 0) is 4.74 Å². The van der Waals surface area contributed by atoms with E-state index in [9.17, 15) is 14.9 Å². The van der Waals surface area contributed by atoms with Crippen molar-refractivity contribution in [1.29, 1.82) is 0 Å². The van der Waals surface area contributed by atoms with Gasteiger partial charge in [0.1, 0.15) is 5.69 Å². The number of hydrogen-bond acceptors (Lipinski definition) is 5. The largest absolute Gasteiger partial charge is 0.465 e. The summed E-state index contributed by atoms with van der Waals surface area (Å²) >= 11 is 0. The van der Waals surface area contributed by atoms with Crippen LogP contribution in [-0.4, -0.2) is 42.4 Å². The molecule has 8 heteroatoms. The average molecular weight is 267 g/mol. The molecule has 0 saturated carbocycles. The highest BCUT2D eigenvalue weighted by Crippen LogP contribution is 2.29. The van der Waals surface area contributed by atoms with E-state index in [1.807, 2.05) is 4.90 Å². The van der Waals surface area contributed by atoms with Gasteiger partial charge in [0, 0.05) is 24.8 Å². The van der Waals surface area contributed by atoms with E-state index >= 15 is 0 Å². The van der Waals surface area contributed by atoms with Crippen LogP contribution in [0, 0.1) is 10.1 Å². The van der Waals surface area contributed by atoms with Gasteiger partial charge in [-0.15, -0.1) is 0 Å². The lowest BCUT2D eigenvalue weighted by Crippen LogP contribution is -2.36. The van der Waals surface area contributed by atoms with E-state index in [4.69, 9.17) is 9.84 Å². The van der Waals surface area contributed by atoms with Crippen LogP contribution in [0.25, 0.3) is 0 Å². The predicted molar refractivity (Wildman–Crippen MR) is 67.8 cm³/mol. The smallest absolute Gasteiger partial charge is 0.409 e. The summed E-state index contributed by atoms with van der Waals surface area (Å²) in [5.41, 5.74) is 0.443. The van der Waals surface area contributed by atoms with Gasteiger partial charge in [-0.1, -0.05) is 0 Å². The second-order valence-electron chi connectivity index (χ2n) is 3.99. The highest BCUT2D eigenvalue weighted by atomic mass is 16.6. The average Bonchev–Trinajstić information content (AvgIpc) is 2.38. The van der Waals surface area contributed by atoms with Crippen LogP contribution in [0.4, 0.5) is 21.9 Å². The minimum Gasteiger partial charge on any atom is -0.465 e. The molecule has 1 fully saturated rings. The molecule has 1 aliphatic heterocycles. The molecule has 8 nitrogen and oxygen atoms in total. The van der Waals surface area contributed by atoms with Gasteiger partial charge in [-0.2, -0.15) is 0 Å². The zero-order valence-electron chi connectivity index (χ0n) is 10.0. The van der Waals surface area contributed by atoms with Crippen LogP contribution in [0.3, 0.4) is 0 Å². The standard InChI is InChI=1S/C11H13N3O5/c15-11(16)12-9-7-8(1-2-10(9)14(17)18)13-3-5-19-6-4-13/h1-2,7,12H,3-6H2,(H,15,16). The minimum atomic E-state index is -1.33. The summed E-state index contributed by atoms with van der Waals surface area (Å²) in [4.78, 5) is 22.9. The maximum atomic E-state index is 10.8. The molecule has 102 valence electrons. The maximum Gasteiger partial charge on any atom is 0.409 e.